The molecular weight excluding hydrogens is 422 g/mol. The highest BCUT2D eigenvalue weighted by Gasteiger charge is 2.35. The van der Waals surface area contributed by atoms with Gasteiger partial charge >= 0.3 is 0 Å². The van der Waals surface area contributed by atoms with Gasteiger partial charge in [0.05, 0.1) is 28.3 Å². The average Bonchev–Trinajstić information content (AvgIpc) is 3.36. The number of carbonyl (C=O) groups is 1. The zero-order valence-electron chi connectivity index (χ0n) is 17.9. The van der Waals surface area contributed by atoms with Gasteiger partial charge in [-0.2, -0.15) is 0 Å². The smallest absolute Gasteiger partial charge is 0.227 e. The van der Waals surface area contributed by atoms with Crippen molar-refractivity contribution in [1.82, 2.24) is 9.55 Å². The minimum Gasteiger partial charge on any atom is -0.491 e. The van der Waals surface area contributed by atoms with Gasteiger partial charge in [0, 0.05) is 18.9 Å². The van der Waals surface area contributed by atoms with Gasteiger partial charge in [-0.3, -0.25) is 4.79 Å². The van der Waals surface area contributed by atoms with Crippen molar-refractivity contribution in [2.45, 2.75) is 25.8 Å². The fraction of sp³-hybridized carbons (Fsp3) is 0.231. The summed E-state index contributed by atoms with van der Waals surface area (Å²) in [7, 11) is 0. The molecule has 5 nitrogen and oxygen atoms in total. The maximum Gasteiger partial charge on any atom is 0.227 e. The van der Waals surface area contributed by atoms with Gasteiger partial charge in [0.25, 0.3) is 0 Å². The number of hydrogen-bond donors (Lipinski definition) is 0. The number of anilines is 1. The molecule has 6 heteroatoms. The number of fused-ring (bicyclic) bond motifs is 1. The number of ether oxygens (including phenoxy) is 1. The van der Waals surface area contributed by atoms with Crippen LogP contribution in [0.1, 0.15) is 23.7 Å². The number of nitrogens with zero attached hydrogens (tertiary/aromatic N) is 3. The standard InChI is InChI=1S/C26H24ClN3O2/c1-18-8-2-7-13-24(18)32-15-14-29-23-12-6-4-10-21(23)28-26(29)19-16-25(31)30(17-19)22-11-5-3-9-20(22)27/h2-13,19H,14-17H2,1H3/t19-/m0/s1. The molecule has 0 unspecified atom stereocenters. The summed E-state index contributed by atoms with van der Waals surface area (Å²) in [4.78, 5) is 19.6. The fourth-order valence-corrected chi connectivity index (χ4v) is 4.63. The second kappa shape index (κ2) is 8.67. The molecule has 4 aromatic rings. The Morgan fingerprint density at radius 3 is 2.62 bits per heavy atom. The summed E-state index contributed by atoms with van der Waals surface area (Å²) >= 11 is 6.37. The quantitative estimate of drug-likeness (QED) is 0.388. The lowest BCUT2D eigenvalue weighted by molar-refractivity contribution is -0.117. The number of amides is 1. The third-order valence-corrected chi connectivity index (χ3v) is 6.30. The van der Waals surface area contributed by atoms with Crippen LogP contribution in [0.2, 0.25) is 5.02 Å². The fourth-order valence-electron chi connectivity index (χ4n) is 4.39. The van der Waals surface area contributed by atoms with Crippen LogP contribution in [0, 0.1) is 6.92 Å². The normalized spacial score (nSPS) is 16.1. The topological polar surface area (TPSA) is 47.4 Å². The summed E-state index contributed by atoms with van der Waals surface area (Å²) in [5.74, 6) is 1.87. The summed E-state index contributed by atoms with van der Waals surface area (Å²) < 4.78 is 8.26. The summed E-state index contributed by atoms with van der Waals surface area (Å²) in [5.41, 5.74) is 3.86. The second-order valence-electron chi connectivity index (χ2n) is 8.08. The van der Waals surface area contributed by atoms with Crippen LogP contribution in [0.4, 0.5) is 5.69 Å². The molecule has 1 atom stereocenters. The summed E-state index contributed by atoms with van der Waals surface area (Å²) in [5, 5.41) is 0.585. The molecule has 1 aliphatic rings. The lowest BCUT2D eigenvalue weighted by Crippen LogP contribution is -2.25. The van der Waals surface area contributed by atoms with Crippen LogP contribution in [0.15, 0.2) is 72.8 Å². The Balaban J connectivity index is 1.42. The van der Waals surface area contributed by atoms with Crippen molar-refractivity contribution >= 4 is 34.2 Å². The van der Waals surface area contributed by atoms with Crippen LogP contribution < -0.4 is 9.64 Å². The molecule has 1 aromatic heterocycles. The predicted molar refractivity (Wildman–Crippen MR) is 128 cm³/mol. The van der Waals surface area contributed by atoms with Gasteiger partial charge in [-0.1, -0.05) is 54.1 Å². The zero-order valence-corrected chi connectivity index (χ0v) is 18.6. The third kappa shape index (κ3) is 3.84. The van der Waals surface area contributed by atoms with Crippen molar-refractivity contribution in [2.24, 2.45) is 0 Å². The number of aryl methyl sites for hydroxylation is 1. The van der Waals surface area contributed by atoms with E-state index in [-0.39, 0.29) is 11.8 Å². The van der Waals surface area contributed by atoms with E-state index < -0.39 is 0 Å². The van der Waals surface area contributed by atoms with Crippen molar-refractivity contribution in [1.29, 1.82) is 0 Å². The van der Waals surface area contributed by atoms with E-state index in [1.165, 1.54) is 0 Å². The van der Waals surface area contributed by atoms with Gasteiger partial charge in [-0.05, 0) is 42.8 Å². The summed E-state index contributed by atoms with van der Waals surface area (Å²) in [6, 6.07) is 23.6. The Labute approximate surface area is 192 Å². The lowest BCUT2D eigenvalue weighted by Gasteiger charge is -2.18. The highest BCUT2D eigenvalue weighted by atomic mass is 35.5. The van der Waals surface area contributed by atoms with Gasteiger partial charge in [0.2, 0.25) is 5.91 Å². The molecule has 0 N–H and O–H groups in total. The first-order valence-corrected chi connectivity index (χ1v) is 11.2. The minimum atomic E-state index is -0.00960. The number of carbonyl (C=O) groups excluding carboxylic acids is 1. The third-order valence-electron chi connectivity index (χ3n) is 5.98. The van der Waals surface area contributed by atoms with Crippen molar-refractivity contribution in [3.05, 3.63) is 89.2 Å². The molecule has 32 heavy (non-hydrogen) atoms. The first-order chi connectivity index (χ1) is 15.6. The molecule has 5 rings (SSSR count). The van der Waals surface area contributed by atoms with Crippen molar-refractivity contribution in [3.63, 3.8) is 0 Å². The molecule has 162 valence electrons. The monoisotopic (exact) mass is 445 g/mol. The van der Waals surface area contributed by atoms with E-state index in [4.69, 9.17) is 21.3 Å². The molecule has 1 saturated heterocycles. The van der Waals surface area contributed by atoms with E-state index >= 15 is 0 Å². The Bertz CT molecular complexity index is 1280. The Kier molecular flexibility index (Phi) is 5.58. The Morgan fingerprint density at radius 2 is 1.78 bits per heavy atom. The molecule has 0 radical (unpaired) electrons. The molecule has 0 spiro atoms. The van der Waals surface area contributed by atoms with E-state index in [1.807, 2.05) is 73.7 Å². The van der Waals surface area contributed by atoms with E-state index in [9.17, 15) is 4.79 Å². The number of aromatic nitrogens is 2. The Morgan fingerprint density at radius 1 is 1.03 bits per heavy atom. The molecule has 1 amide bonds. The maximum atomic E-state index is 12.9. The summed E-state index contributed by atoms with van der Waals surface area (Å²) in [6.45, 7) is 3.78. The molecule has 0 aliphatic carbocycles. The van der Waals surface area contributed by atoms with Crippen LogP contribution in [0.3, 0.4) is 0 Å². The SMILES string of the molecule is Cc1ccccc1OCCn1c([C@H]2CC(=O)N(c3ccccc3Cl)C2)nc2ccccc21. The van der Waals surface area contributed by atoms with Crippen molar-refractivity contribution in [2.75, 3.05) is 18.1 Å². The number of halogens is 1. The lowest BCUT2D eigenvalue weighted by atomic mass is 10.1. The highest BCUT2D eigenvalue weighted by molar-refractivity contribution is 6.33. The first kappa shape index (κ1) is 20.6. The van der Waals surface area contributed by atoms with Crippen LogP contribution in [-0.2, 0) is 11.3 Å². The van der Waals surface area contributed by atoms with Crippen LogP contribution in [0.25, 0.3) is 11.0 Å². The van der Waals surface area contributed by atoms with Gasteiger partial charge in [-0.15, -0.1) is 0 Å². The van der Waals surface area contributed by atoms with E-state index in [0.717, 1.165) is 33.9 Å². The molecule has 0 saturated carbocycles. The first-order valence-electron chi connectivity index (χ1n) is 10.8. The van der Waals surface area contributed by atoms with Crippen LogP contribution in [0.5, 0.6) is 5.75 Å². The minimum absolute atomic E-state index is 0.00960. The van der Waals surface area contributed by atoms with Crippen LogP contribution in [-0.4, -0.2) is 28.6 Å². The number of rotatable bonds is 6. The Hall–Kier alpha value is -3.31. The average molecular weight is 446 g/mol. The molecule has 2 heterocycles. The highest BCUT2D eigenvalue weighted by Crippen LogP contribution is 2.36. The second-order valence-corrected chi connectivity index (χ2v) is 8.49. The molecule has 3 aromatic carbocycles. The molecule has 0 bridgehead atoms. The maximum absolute atomic E-state index is 12.9. The number of hydrogen-bond acceptors (Lipinski definition) is 3. The molecule has 1 aliphatic heterocycles. The number of para-hydroxylation sites is 4. The van der Waals surface area contributed by atoms with E-state index in [0.29, 0.717) is 31.1 Å². The van der Waals surface area contributed by atoms with Crippen molar-refractivity contribution in [3.8, 4) is 5.75 Å². The van der Waals surface area contributed by atoms with E-state index in [2.05, 4.69) is 10.6 Å². The van der Waals surface area contributed by atoms with Gasteiger partial charge in [0.1, 0.15) is 18.2 Å². The molecular formula is C26H24ClN3O2. The molecule has 1 fully saturated rings. The number of benzene rings is 3. The van der Waals surface area contributed by atoms with E-state index in [1.54, 1.807) is 4.90 Å². The number of imidazole rings is 1. The van der Waals surface area contributed by atoms with Crippen LogP contribution >= 0.6 is 11.6 Å². The van der Waals surface area contributed by atoms with Gasteiger partial charge in [-0.25, -0.2) is 4.98 Å². The predicted octanol–water partition coefficient (Wildman–Crippen LogP) is 5.60. The largest absolute Gasteiger partial charge is 0.491 e. The zero-order chi connectivity index (χ0) is 22.1. The summed E-state index contributed by atoms with van der Waals surface area (Å²) in [6.07, 6.45) is 0.410. The van der Waals surface area contributed by atoms with Gasteiger partial charge in [0.15, 0.2) is 0 Å². The van der Waals surface area contributed by atoms with Gasteiger partial charge < -0.3 is 14.2 Å². The van der Waals surface area contributed by atoms with Crippen molar-refractivity contribution < 1.29 is 9.53 Å².